The lowest BCUT2D eigenvalue weighted by Gasteiger charge is -2.24. The van der Waals surface area contributed by atoms with E-state index in [1.165, 1.54) is 0 Å². The molecule has 0 aliphatic rings. The van der Waals surface area contributed by atoms with Gasteiger partial charge >= 0.3 is 0 Å². The summed E-state index contributed by atoms with van der Waals surface area (Å²) in [6, 6.07) is 21.3. The van der Waals surface area contributed by atoms with Crippen LogP contribution in [-0.2, 0) is 13.2 Å². The molecule has 60 heavy (non-hydrogen) atoms. The summed E-state index contributed by atoms with van der Waals surface area (Å²) in [5, 5.41) is 0. The molecular weight excluding hydrogens is 757 g/mol. The molecule has 0 amide bonds. The molecule has 5 aromatic carbocycles. The lowest BCUT2D eigenvalue weighted by molar-refractivity contribution is 0.111. The minimum Gasteiger partial charge on any atom is -0.495 e. The first-order valence-corrected chi connectivity index (χ1v) is 20.0. The number of rotatable bonds is 21. The first-order valence-electron chi connectivity index (χ1n) is 20.0. The minimum absolute atomic E-state index is 0.133. The molecule has 0 heterocycles. The summed E-state index contributed by atoms with van der Waals surface area (Å²) in [5.41, 5.74) is 9.52. The van der Waals surface area contributed by atoms with E-state index in [0.717, 1.165) is 68.2 Å². The monoisotopic (exact) mass is 812 g/mol. The lowest BCUT2D eigenvalue weighted by atomic mass is 9.90. The van der Waals surface area contributed by atoms with Crippen LogP contribution in [0.5, 0.6) is 40.2 Å². The molecule has 5 aromatic rings. The fourth-order valence-electron chi connectivity index (χ4n) is 7.06. The average Bonchev–Trinajstić information content (AvgIpc) is 3.21. The third-order valence-electron chi connectivity index (χ3n) is 9.29. The molecule has 0 fully saturated rings. The van der Waals surface area contributed by atoms with Gasteiger partial charge in [-0.05, 0) is 138 Å². The summed E-state index contributed by atoms with van der Waals surface area (Å²) in [7, 11) is 1.67. The number of hydrogen-bond donors (Lipinski definition) is 0. The van der Waals surface area contributed by atoms with Crippen LogP contribution in [0.3, 0.4) is 0 Å². The highest BCUT2D eigenvalue weighted by Crippen LogP contribution is 2.48. The van der Waals surface area contributed by atoms with Crippen LogP contribution in [-0.4, -0.2) is 45.1 Å². The average molecular weight is 813 g/mol. The Morgan fingerprint density at radius 1 is 0.517 bits per heavy atom. The van der Waals surface area contributed by atoms with E-state index in [2.05, 4.69) is 44.3 Å². The molecule has 0 saturated heterocycles. The molecule has 0 saturated carbocycles. The van der Waals surface area contributed by atoms with Crippen LogP contribution < -0.4 is 33.2 Å². The van der Waals surface area contributed by atoms with Gasteiger partial charge in [-0.15, -0.1) is 0 Å². The SMILES string of the molecule is C=CCOc1c(C=O)cccc1OCc1cc(C)cc(-c2cc(C)cc(-c3cc(C)cc(COc4cc(C)cc(C=O)c4OCC=C)c3OC(C)C)c2OC)c1OC(C)C. The topological polar surface area (TPSA) is 98.8 Å². The van der Waals surface area contributed by atoms with E-state index in [0.29, 0.717) is 51.4 Å². The Labute approximate surface area is 354 Å². The first kappa shape index (κ1) is 44.6. The van der Waals surface area contributed by atoms with Gasteiger partial charge in [0.2, 0.25) is 0 Å². The second-order valence-electron chi connectivity index (χ2n) is 15.2. The fraction of sp³-hybridized carbons (Fsp3) is 0.294. The van der Waals surface area contributed by atoms with Crippen LogP contribution in [0, 0.1) is 27.7 Å². The number of aldehydes is 2. The molecule has 314 valence electrons. The zero-order valence-electron chi connectivity index (χ0n) is 36.2. The second-order valence-corrected chi connectivity index (χ2v) is 15.2. The van der Waals surface area contributed by atoms with Crippen molar-refractivity contribution in [3.8, 4) is 62.5 Å². The number of methoxy groups -OCH3 is 1. The van der Waals surface area contributed by atoms with Gasteiger partial charge in [0.15, 0.2) is 35.6 Å². The molecule has 9 heteroatoms. The van der Waals surface area contributed by atoms with Gasteiger partial charge in [-0.3, -0.25) is 9.59 Å². The molecule has 0 aliphatic carbocycles. The van der Waals surface area contributed by atoms with E-state index in [-0.39, 0.29) is 38.6 Å². The Morgan fingerprint density at radius 3 is 1.40 bits per heavy atom. The standard InChI is InChI=1S/C51H56O9/c1-12-17-55-49-37(27-52)15-14-16-45(49)57-29-39-20-33(7)22-41(47(39)59-31(3)4)43-24-36(10)25-44(51(43)54-11)42-23-34(8)21-40(48(42)60-32(5)6)30-58-46-26-35(9)19-38(28-53)50(46)56-18-13-2/h12-16,19-28,31-32H,1-2,17-18,29-30H2,3-11H3. The normalized spacial score (nSPS) is 10.9. The zero-order chi connectivity index (χ0) is 43.5. The van der Waals surface area contributed by atoms with Crippen LogP contribution >= 0.6 is 0 Å². The number of hydrogen-bond acceptors (Lipinski definition) is 9. The van der Waals surface area contributed by atoms with Crippen LogP contribution in [0.25, 0.3) is 22.3 Å². The van der Waals surface area contributed by atoms with Crippen LogP contribution in [0.4, 0.5) is 0 Å². The molecule has 0 spiro atoms. The summed E-state index contributed by atoms with van der Waals surface area (Å²) in [5.74, 6) is 3.51. The Hall–Kier alpha value is -6.48. The Balaban J connectivity index is 1.66. The molecule has 0 aliphatic heterocycles. The molecule has 0 atom stereocenters. The third-order valence-corrected chi connectivity index (χ3v) is 9.29. The minimum atomic E-state index is -0.173. The van der Waals surface area contributed by atoms with Gasteiger partial charge in [-0.1, -0.05) is 31.4 Å². The highest BCUT2D eigenvalue weighted by atomic mass is 16.5. The van der Waals surface area contributed by atoms with E-state index in [4.69, 9.17) is 33.2 Å². The molecule has 0 bridgehead atoms. The Morgan fingerprint density at radius 2 is 0.950 bits per heavy atom. The van der Waals surface area contributed by atoms with Crippen molar-refractivity contribution in [1.82, 2.24) is 0 Å². The fourth-order valence-corrected chi connectivity index (χ4v) is 7.06. The maximum Gasteiger partial charge on any atom is 0.172 e. The Kier molecular flexibility index (Phi) is 15.2. The van der Waals surface area contributed by atoms with Gasteiger partial charge in [-0.2, -0.15) is 0 Å². The Bertz CT molecular complexity index is 2350. The lowest BCUT2D eigenvalue weighted by Crippen LogP contribution is -2.12. The van der Waals surface area contributed by atoms with E-state index in [1.807, 2.05) is 66.7 Å². The molecule has 5 rings (SSSR count). The predicted molar refractivity (Wildman–Crippen MR) is 238 cm³/mol. The molecule has 0 aromatic heterocycles. The first-order chi connectivity index (χ1) is 28.8. The summed E-state index contributed by atoms with van der Waals surface area (Å²) < 4.78 is 44.3. The van der Waals surface area contributed by atoms with Crippen LogP contribution in [0.1, 0.15) is 81.8 Å². The van der Waals surface area contributed by atoms with E-state index in [9.17, 15) is 9.59 Å². The van der Waals surface area contributed by atoms with Crippen LogP contribution in [0.15, 0.2) is 92.0 Å². The molecule has 0 N–H and O–H groups in total. The highest BCUT2D eigenvalue weighted by molar-refractivity contribution is 5.89. The van der Waals surface area contributed by atoms with Gasteiger partial charge in [-0.25, -0.2) is 0 Å². The number of carbonyl (C=O) groups is 2. The molecule has 0 radical (unpaired) electrons. The summed E-state index contributed by atoms with van der Waals surface area (Å²) in [6.07, 6.45) is 4.41. The zero-order valence-corrected chi connectivity index (χ0v) is 36.2. The van der Waals surface area contributed by atoms with Gasteiger partial charge in [0, 0.05) is 33.4 Å². The number of aryl methyl sites for hydroxylation is 4. The number of para-hydroxylation sites is 1. The second kappa shape index (κ2) is 20.5. The summed E-state index contributed by atoms with van der Waals surface area (Å²) in [6.45, 7) is 24.2. The van der Waals surface area contributed by atoms with Crippen molar-refractivity contribution in [3.63, 3.8) is 0 Å². The van der Waals surface area contributed by atoms with Crippen molar-refractivity contribution in [2.24, 2.45) is 0 Å². The van der Waals surface area contributed by atoms with Gasteiger partial charge in [0.1, 0.15) is 43.7 Å². The summed E-state index contributed by atoms with van der Waals surface area (Å²) in [4.78, 5) is 24.0. The number of ether oxygens (including phenoxy) is 7. The molecule has 0 unspecified atom stereocenters. The van der Waals surface area contributed by atoms with E-state index < -0.39 is 0 Å². The van der Waals surface area contributed by atoms with Crippen molar-refractivity contribution in [2.75, 3.05) is 20.3 Å². The highest BCUT2D eigenvalue weighted by Gasteiger charge is 2.25. The van der Waals surface area contributed by atoms with Crippen molar-refractivity contribution in [3.05, 3.63) is 137 Å². The van der Waals surface area contributed by atoms with Crippen LogP contribution in [0.2, 0.25) is 0 Å². The van der Waals surface area contributed by atoms with Crippen molar-refractivity contribution < 1.29 is 42.7 Å². The quantitative estimate of drug-likeness (QED) is 0.0530. The number of benzene rings is 5. The largest absolute Gasteiger partial charge is 0.495 e. The third kappa shape index (κ3) is 10.6. The van der Waals surface area contributed by atoms with Gasteiger partial charge < -0.3 is 33.2 Å². The maximum atomic E-state index is 12.1. The van der Waals surface area contributed by atoms with E-state index in [1.54, 1.807) is 43.5 Å². The predicted octanol–water partition coefficient (Wildman–Crippen LogP) is 11.7. The van der Waals surface area contributed by atoms with Gasteiger partial charge in [0.25, 0.3) is 0 Å². The van der Waals surface area contributed by atoms with Crippen molar-refractivity contribution in [1.29, 1.82) is 0 Å². The van der Waals surface area contributed by atoms with Crippen molar-refractivity contribution >= 4 is 12.6 Å². The molecular formula is C51H56O9. The summed E-state index contributed by atoms with van der Waals surface area (Å²) >= 11 is 0. The number of carbonyl (C=O) groups excluding carboxylic acids is 2. The van der Waals surface area contributed by atoms with Crippen molar-refractivity contribution in [2.45, 2.75) is 80.8 Å². The smallest absolute Gasteiger partial charge is 0.172 e. The van der Waals surface area contributed by atoms with E-state index >= 15 is 0 Å². The molecule has 9 nitrogen and oxygen atoms in total. The maximum absolute atomic E-state index is 12.1. The van der Waals surface area contributed by atoms with Gasteiger partial charge in [0.05, 0.1) is 30.4 Å².